The van der Waals surface area contributed by atoms with E-state index in [1.165, 1.54) is 151 Å². The quantitative estimate of drug-likeness (QED) is 0.0275. The number of thiophene rings is 1. The molecule has 3 atom stereocenters. The van der Waals surface area contributed by atoms with Crippen LogP contribution in [0.4, 0.5) is 0 Å². The minimum atomic E-state index is -1.17. The summed E-state index contributed by atoms with van der Waals surface area (Å²) >= 11 is 1.28. The summed E-state index contributed by atoms with van der Waals surface area (Å²) in [5, 5.41) is 8.68. The Morgan fingerprint density at radius 1 is 0.571 bits per heavy atom. The number of rotatable bonds is 13. The summed E-state index contributed by atoms with van der Waals surface area (Å²) in [6.07, 6.45) is 13.7. The number of thiol groups is 1. The van der Waals surface area contributed by atoms with Gasteiger partial charge in [0.2, 0.25) is 5.60 Å². The predicted octanol–water partition coefficient (Wildman–Crippen LogP) is 20.9. The number of ether oxygens (including phenoxy) is 6. The van der Waals surface area contributed by atoms with Gasteiger partial charge in [-0.1, -0.05) is 150 Å². The molecule has 10 nitrogen and oxygen atoms in total. The minimum Gasteiger partial charge on any atom is -0.496 e. The summed E-state index contributed by atoms with van der Waals surface area (Å²) in [6, 6.07) is 72.2. The van der Waals surface area contributed by atoms with Gasteiger partial charge in [-0.2, -0.15) is 0 Å². The molecule has 10 aromatic rings. The summed E-state index contributed by atoms with van der Waals surface area (Å²) in [6.45, 7) is 16.9. The second-order valence-corrected chi connectivity index (χ2v) is 38.2. The summed E-state index contributed by atoms with van der Waals surface area (Å²) in [7, 11) is 4.07. The standard InChI is InChI=1S/C18H22O4.C18H19S.C17H19O3S.C15H17OS.C12H10S.C11H16O2/c1-11-7-6-8-12(2)13(11)21-15(20)18-10-9-17(5,14(19)22-18)16(18,3)4;1-18(2,3)15-8-10-16(11-9-15)19-13-12-14-6-4-5-7-17(14)19;1-19-17(18)12-20-15-8-9-16(21-10-4-5-11-21)14-7-3-2-6-13(14)15;1-16-14-8-9-15(17-10-4-5-11-17)13-7-3-2-6-12(13)14;1-3-7-11(8-4-1)13-12-9-5-2-6-10-12;12-6-13-11-9-2-7-1-8(4-9)5-10(11)3-7/h6-8H,9-10H2,1-5H3;4-13H,1-3H3;2-3,6-9H,4-5,10-12H2,1H3;2-3,6-9H,4-5,10-11H2,1H3;1-10H;6-11H,1-5H2/q;3*+1;;/p+1. The van der Waals surface area contributed by atoms with E-state index in [0.717, 1.165) is 39.8 Å². The number of carbonyl (C=O) groups excluding carboxylic acids is 4. The smallest absolute Gasteiger partial charge is 0.356 e. The zero-order chi connectivity index (χ0) is 73.9. The summed E-state index contributed by atoms with van der Waals surface area (Å²) in [5.74, 6) is 9.90. The number of aryl methyl sites for hydroxylation is 2. The molecule has 3 unspecified atom stereocenters. The first-order chi connectivity index (χ1) is 50.7. The number of hydrogen-bond acceptors (Lipinski definition) is 10. The van der Waals surface area contributed by atoms with Crippen LogP contribution < -0.4 is 14.2 Å². The first-order valence-electron chi connectivity index (χ1n) is 37.4. The van der Waals surface area contributed by atoms with Gasteiger partial charge in [-0.05, 0) is 222 Å². The van der Waals surface area contributed by atoms with Crippen LogP contribution in [0.15, 0.2) is 231 Å². The number of para-hydroxylation sites is 1. The Labute approximate surface area is 634 Å². The maximum absolute atomic E-state index is 12.9. The van der Waals surface area contributed by atoms with E-state index in [-0.39, 0.29) is 40.5 Å². The molecule has 0 amide bonds. The second kappa shape index (κ2) is 34.3. The van der Waals surface area contributed by atoms with Crippen LogP contribution in [0.25, 0.3) is 36.5 Å². The topological polar surface area (TPSA) is 124 Å². The van der Waals surface area contributed by atoms with Crippen molar-refractivity contribution in [2.75, 3.05) is 43.8 Å². The molecule has 0 spiro atoms. The zero-order valence-corrected chi connectivity index (χ0v) is 66.1. The van der Waals surface area contributed by atoms with Crippen LogP contribution in [0.2, 0.25) is 0 Å². The highest BCUT2D eigenvalue weighted by atomic mass is 32.2. The van der Waals surface area contributed by atoms with Crippen molar-refractivity contribution in [1.29, 1.82) is 0 Å². The lowest BCUT2D eigenvalue weighted by atomic mass is 9.55. The SMILES string of the molecule is CC(C)(C)c1ccc(-[s+]2ccc3ccccc32)cc1.COC(=O)COc1ccc([S+]2CCCC2)c2ccccc12.COc1ccc([S+]2CCCC2)c2ccccc12.Cc1cccc(C)c1OC(=O)C12CCC(C)(C(=O)O1)C2(C)C.O=COC1C2CC3CC(C2)CC1C3.c1ccc([SH+]c2ccccc2)cc1. The number of methoxy groups -OCH3 is 2. The van der Waals surface area contributed by atoms with Crippen LogP contribution in [0.5, 0.6) is 17.2 Å². The molecule has 8 aliphatic rings. The fourth-order valence-electron chi connectivity index (χ4n) is 16.7. The molecule has 1 aromatic heterocycles. The molecule has 5 aliphatic carbocycles. The molecule has 14 heteroatoms. The van der Waals surface area contributed by atoms with Gasteiger partial charge in [0, 0.05) is 82.4 Å². The summed E-state index contributed by atoms with van der Waals surface area (Å²) in [5.41, 5.74) is 1.05. The van der Waals surface area contributed by atoms with Gasteiger partial charge in [-0.15, -0.1) is 0 Å². The lowest BCUT2D eigenvalue weighted by Gasteiger charge is -2.53. The first kappa shape index (κ1) is 76.6. The molecule has 548 valence electrons. The third-order valence-electron chi connectivity index (χ3n) is 22.8. The largest absolute Gasteiger partial charge is 0.496 e. The van der Waals surface area contributed by atoms with E-state index in [0.29, 0.717) is 58.7 Å². The molecular weight excluding hydrogens is 1380 g/mol. The molecule has 5 saturated carbocycles. The second-order valence-electron chi connectivity index (χ2n) is 30.6. The number of benzene rings is 9. The summed E-state index contributed by atoms with van der Waals surface area (Å²) in [4.78, 5) is 53.8. The molecule has 8 fully saturated rings. The van der Waals surface area contributed by atoms with Crippen molar-refractivity contribution in [3.8, 4) is 22.1 Å². The van der Waals surface area contributed by atoms with Gasteiger partial charge < -0.3 is 28.4 Å². The molecule has 0 radical (unpaired) electrons. The molecule has 3 saturated heterocycles. The van der Waals surface area contributed by atoms with E-state index in [2.05, 4.69) is 195 Å². The average Bonchev–Trinajstić information content (AvgIpc) is 1.52. The van der Waals surface area contributed by atoms with Crippen molar-refractivity contribution in [2.45, 2.75) is 163 Å². The molecule has 9 aromatic carbocycles. The van der Waals surface area contributed by atoms with E-state index in [1.807, 2.05) is 77.1 Å². The molecule has 0 N–H and O–H groups in total. The highest BCUT2D eigenvalue weighted by molar-refractivity contribution is 7.97. The average molecular weight is 1490 g/mol. The number of hydrogen-bond donors (Lipinski definition) is 0. The highest BCUT2D eigenvalue weighted by Crippen LogP contribution is 2.66. The molecular formula is C91H104O10S4+4. The Morgan fingerprint density at radius 3 is 1.57 bits per heavy atom. The van der Waals surface area contributed by atoms with Gasteiger partial charge in [-0.3, -0.25) is 9.59 Å². The van der Waals surface area contributed by atoms with E-state index in [1.54, 1.807) is 12.0 Å². The van der Waals surface area contributed by atoms with Crippen molar-refractivity contribution in [1.82, 2.24) is 0 Å². The van der Waals surface area contributed by atoms with Crippen LogP contribution in [0, 0.1) is 48.3 Å². The fraction of sp³-hybridized carbons (Fsp3) is 0.385. The highest BCUT2D eigenvalue weighted by Gasteiger charge is 2.76. The Kier molecular flexibility index (Phi) is 25.0. The Balaban J connectivity index is 0.000000119. The number of fused-ring (bicyclic) bond motifs is 5. The molecule has 18 rings (SSSR count). The maximum atomic E-state index is 12.9. The fourth-order valence-corrected chi connectivity index (χ4v) is 24.6. The van der Waals surface area contributed by atoms with Crippen LogP contribution in [-0.2, 0) is 72.4 Å². The maximum Gasteiger partial charge on any atom is 0.356 e. The van der Waals surface area contributed by atoms with Gasteiger partial charge in [0.1, 0.15) is 51.7 Å². The zero-order valence-electron chi connectivity index (χ0n) is 62.7. The first-order valence-corrected chi connectivity index (χ1v) is 42.7. The van der Waals surface area contributed by atoms with Crippen LogP contribution >= 0.6 is 10.5 Å². The Morgan fingerprint density at radius 2 is 1.08 bits per heavy atom. The monoisotopic (exact) mass is 1480 g/mol. The Bertz CT molecular complexity index is 4520. The van der Waals surface area contributed by atoms with Crippen molar-refractivity contribution < 1.29 is 47.6 Å². The van der Waals surface area contributed by atoms with Crippen molar-refractivity contribution >= 4 is 100 Å². The lowest BCUT2D eigenvalue weighted by molar-refractivity contribution is -0.176. The van der Waals surface area contributed by atoms with Gasteiger partial charge in [0.05, 0.1) is 19.6 Å². The molecule has 4 heterocycles. The van der Waals surface area contributed by atoms with Crippen LogP contribution in [-0.4, -0.2) is 79.9 Å². The molecule has 105 heavy (non-hydrogen) atoms. The van der Waals surface area contributed by atoms with Crippen LogP contribution in [0.3, 0.4) is 0 Å². The molecule has 6 bridgehead atoms. The molecule has 3 aliphatic heterocycles. The van der Waals surface area contributed by atoms with E-state index in [4.69, 9.17) is 23.7 Å². The van der Waals surface area contributed by atoms with Gasteiger partial charge in [-0.25, -0.2) is 9.59 Å². The third kappa shape index (κ3) is 17.2. The summed E-state index contributed by atoms with van der Waals surface area (Å²) < 4.78 is 33.6. The van der Waals surface area contributed by atoms with Crippen molar-refractivity contribution in [2.24, 2.45) is 34.5 Å². The van der Waals surface area contributed by atoms with Crippen LogP contribution in [0.1, 0.15) is 129 Å². The normalized spacial score (nSPS) is 22.4. The number of esters is 3. The van der Waals surface area contributed by atoms with E-state index in [9.17, 15) is 19.2 Å². The minimum absolute atomic E-state index is 0.0500. The van der Waals surface area contributed by atoms with E-state index < -0.39 is 22.4 Å². The predicted molar refractivity (Wildman–Crippen MR) is 435 cm³/mol. The van der Waals surface area contributed by atoms with Crippen molar-refractivity contribution in [3.63, 3.8) is 0 Å². The van der Waals surface area contributed by atoms with Gasteiger partial charge in [0.15, 0.2) is 35.8 Å². The number of carbonyl (C=O) groups is 4. The Hall–Kier alpha value is -8.01. The van der Waals surface area contributed by atoms with Gasteiger partial charge >= 0.3 is 17.9 Å². The van der Waals surface area contributed by atoms with E-state index >= 15 is 0 Å². The third-order valence-corrected chi connectivity index (χ3v) is 31.0. The lowest BCUT2D eigenvalue weighted by Crippen LogP contribution is -2.50. The van der Waals surface area contributed by atoms with Crippen molar-refractivity contribution in [3.05, 3.63) is 228 Å². The van der Waals surface area contributed by atoms with Gasteiger partial charge in [0.25, 0.3) is 6.47 Å².